The van der Waals surface area contributed by atoms with Crippen molar-refractivity contribution in [1.82, 2.24) is 5.32 Å². The largest absolute Gasteiger partial charge is 0.493 e. The zero-order valence-corrected chi connectivity index (χ0v) is 20.9. The SMILES string of the molecule is COC(=O)CSc1cccc(NC(=O)/C(=C\c2ccc(OC)c(OC)c2)NC(=O)c2ccccc2)c1. The number of rotatable bonds is 10. The third-order valence-electron chi connectivity index (χ3n) is 4.92. The number of benzene rings is 3. The van der Waals surface area contributed by atoms with E-state index in [1.807, 2.05) is 6.07 Å². The van der Waals surface area contributed by atoms with Crippen molar-refractivity contribution in [1.29, 1.82) is 0 Å². The van der Waals surface area contributed by atoms with Crippen LogP contribution in [-0.2, 0) is 14.3 Å². The number of carbonyl (C=O) groups is 3. The molecule has 2 N–H and O–H groups in total. The van der Waals surface area contributed by atoms with Crippen molar-refractivity contribution in [3.05, 3.63) is 89.6 Å². The van der Waals surface area contributed by atoms with Gasteiger partial charge in [-0.25, -0.2) is 0 Å². The molecule has 0 unspecified atom stereocenters. The first-order valence-corrected chi connectivity index (χ1v) is 11.8. The maximum atomic E-state index is 13.3. The smallest absolute Gasteiger partial charge is 0.315 e. The van der Waals surface area contributed by atoms with Gasteiger partial charge in [0, 0.05) is 16.1 Å². The van der Waals surface area contributed by atoms with Gasteiger partial charge >= 0.3 is 5.97 Å². The summed E-state index contributed by atoms with van der Waals surface area (Å²) < 4.78 is 15.3. The van der Waals surface area contributed by atoms with Gasteiger partial charge < -0.3 is 24.8 Å². The van der Waals surface area contributed by atoms with Gasteiger partial charge in [-0.2, -0.15) is 0 Å². The fourth-order valence-corrected chi connectivity index (χ4v) is 3.90. The Morgan fingerprint density at radius 3 is 2.31 bits per heavy atom. The molecule has 0 saturated carbocycles. The van der Waals surface area contributed by atoms with Gasteiger partial charge in [0.25, 0.3) is 11.8 Å². The lowest BCUT2D eigenvalue weighted by atomic mass is 10.1. The summed E-state index contributed by atoms with van der Waals surface area (Å²) >= 11 is 1.28. The molecule has 3 rings (SSSR count). The molecule has 8 nitrogen and oxygen atoms in total. The van der Waals surface area contributed by atoms with Crippen molar-refractivity contribution in [3.63, 3.8) is 0 Å². The molecular weight excluding hydrogens is 480 g/mol. The van der Waals surface area contributed by atoms with E-state index in [0.717, 1.165) is 4.90 Å². The number of esters is 1. The van der Waals surface area contributed by atoms with Gasteiger partial charge in [-0.15, -0.1) is 11.8 Å². The first-order valence-electron chi connectivity index (χ1n) is 10.8. The molecule has 0 fully saturated rings. The third-order valence-corrected chi connectivity index (χ3v) is 5.89. The van der Waals surface area contributed by atoms with E-state index in [1.54, 1.807) is 72.8 Å². The Morgan fingerprint density at radius 2 is 1.61 bits per heavy atom. The number of amides is 2. The van der Waals surface area contributed by atoms with Gasteiger partial charge in [0.15, 0.2) is 11.5 Å². The minimum Gasteiger partial charge on any atom is -0.493 e. The molecule has 0 aliphatic rings. The van der Waals surface area contributed by atoms with Crippen LogP contribution in [0.3, 0.4) is 0 Å². The average molecular weight is 507 g/mol. The predicted octanol–water partition coefficient (Wildman–Crippen LogP) is 4.38. The van der Waals surface area contributed by atoms with Crippen LogP contribution >= 0.6 is 11.8 Å². The number of nitrogens with one attached hydrogen (secondary N) is 2. The summed E-state index contributed by atoms with van der Waals surface area (Å²) in [6.07, 6.45) is 1.55. The van der Waals surface area contributed by atoms with Crippen LogP contribution < -0.4 is 20.1 Å². The van der Waals surface area contributed by atoms with E-state index in [2.05, 4.69) is 15.4 Å². The van der Waals surface area contributed by atoms with Gasteiger partial charge in [-0.3, -0.25) is 14.4 Å². The summed E-state index contributed by atoms with van der Waals surface area (Å²) in [6.45, 7) is 0. The van der Waals surface area contributed by atoms with Crippen LogP contribution in [-0.4, -0.2) is 44.9 Å². The average Bonchev–Trinajstić information content (AvgIpc) is 2.91. The van der Waals surface area contributed by atoms with E-state index in [-0.39, 0.29) is 17.4 Å². The summed E-state index contributed by atoms with van der Waals surface area (Å²) in [5.74, 6) is -0.140. The molecule has 3 aromatic carbocycles. The van der Waals surface area contributed by atoms with E-state index in [1.165, 1.54) is 33.1 Å². The van der Waals surface area contributed by atoms with Gasteiger partial charge in [0.2, 0.25) is 0 Å². The molecule has 0 radical (unpaired) electrons. The van der Waals surface area contributed by atoms with Crippen molar-refractivity contribution in [2.45, 2.75) is 4.90 Å². The second-order valence-electron chi connectivity index (χ2n) is 7.34. The zero-order chi connectivity index (χ0) is 25.9. The molecule has 0 aromatic heterocycles. The van der Waals surface area contributed by atoms with Crippen molar-refractivity contribution in [3.8, 4) is 11.5 Å². The Labute approximate surface area is 213 Å². The Bertz CT molecular complexity index is 1260. The third kappa shape index (κ3) is 7.38. The van der Waals surface area contributed by atoms with Gasteiger partial charge in [-0.05, 0) is 54.1 Å². The number of ether oxygens (including phenoxy) is 3. The number of hydrogen-bond acceptors (Lipinski definition) is 7. The maximum absolute atomic E-state index is 13.3. The van der Waals surface area contributed by atoms with Gasteiger partial charge in [0.1, 0.15) is 5.70 Å². The molecule has 186 valence electrons. The van der Waals surface area contributed by atoms with E-state index < -0.39 is 11.8 Å². The highest BCUT2D eigenvalue weighted by Gasteiger charge is 2.16. The highest BCUT2D eigenvalue weighted by molar-refractivity contribution is 8.00. The van der Waals surface area contributed by atoms with E-state index in [4.69, 9.17) is 9.47 Å². The molecule has 0 spiro atoms. The zero-order valence-electron chi connectivity index (χ0n) is 20.1. The van der Waals surface area contributed by atoms with Crippen LogP contribution in [0.15, 0.2) is 83.4 Å². The molecule has 0 atom stereocenters. The van der Waals surface area contributed by atoms with Crippen LogP contribution in [0.1, 0.15) is 15.9 Å². The predicted molar refractivity (Wildman–Crippen MR) is 139 cm³/mol. The highest BCUT2D eigenvalue weighted by atomic mass is 32.2. The minimum atomic E-state index is -0.524. The molecule has 2 amide bonds. The number of anilines is 1. The Hall–Kier alpha value is -4.24. The molecular formula is C27H26N2O6S. The lowest BCUT2D eigenvalue weighted by Crippen LogP contribution is -2.30. The fraction of sp³-hybridized carbons (Fsp3) is 0.148. The second kappa shape index (κ2) is 13.0. The first kappa shape index (κ1) is 26.4. The molecule has 36 heavy (non-hydrogen) atoms. The van der Waals surface area contributed by atoms with Crippen molar-refractivity contribution in [2.75, 3.05) is 32.4 Å². The molecule has 0 aliphatic heterocycles. The first-order chi connectivity index (χ1) is 17.4. The molecule has 0 bridgehead atoms. The van der Waals surface area contributed by atoms with Crippen molar-refractivity contribution in [2.24, 2.45) is 0 Å². The number of thioether (sulfide) groups is 1. The Balaban J connectivity index is 1.87. The lowest BCUT2D eigenvalue weighted by molar-refractivity contribution is -0.137. The van der Waals surface area contributed by atoms with Crippen LogP contribution in [0, 0.1) is 0 Å². The Kier molecular flexibility index (Phi) is 9.53. The van der Waals surface area contributed by atoms with Gasteiger partial charge in [0.05, 0.1) is 27.1 Å². The normalized spacial score (nSPS) is 10.8. The van der Waals surface area contributed by atoms with Gasteiger partial charge in [-0.1, -0.05) is 30.3 Å². The maximum Gasteiger partial charge on any atom is 0.315 e. The number of hydrogen-bond donors (Lipinski definition) is 2. The summed E-state index contributed by atoms with van der Waals surface area (Å²) in [5, 5.41) is 5.51. The topological polar surface area (TPSA) is 103 Å². The quantitative estimate of drug-likeness (QED) is 0.239. The van der Waals surface area contributed by atoms with Crippen LogP contribution in [0.5, 0.6) is 11.5 Å². The number of carbonyl (C=O) groups excluding carboxylic acids is 3. The lowest BCUT2D eigenvalue weighted by Gasteiger charge is -2.13. The summed E-state index contributed by atoms with van der Waals surface area (Å²) in [7, 11) is 4.38. The second-order valence-corrected chi connectivity index (χ2v) is 8.39. The standard InChI is InChI=1S/C27H26N2O6S/c1-33-23-13-12-18(15-24(23)34-2)14-22(29-26(31)19-8-5-4-6-9-19)27(32)28-20-10-7-11-21(16-20)36-17-25(30)35-3/h4-16H,17H2,1-3H3,(H,28,32)(H,29,31)/b22-14+. The summed E-state index contributed by atoms with van der Waals surface area (Å²) in [5.41, 5.74) is 1.56. The summed E-state index contributed by atoms with van der Waals surface area (Å²) in [4.78, 5) is 38.3. The molecule has 0 heterocycles. The van der Waals surface area contributed by atoms with Crippen molar-refractivity contribution >= 4 is 41.3 Å². The van der Waals surface area contributed by atoms with Crippen LogP contribution in [0.25, 0.3) is 6.08 Å². The monoisotopic (exact) mass is 506 g/mol. The Morgan fingerprint density at radius 1 is 0.861 bits per heavy atom. The van der Waals surface area contributed by atoms with Crippen LogP contribution in [0.2, 0.25) is 0 Å². The molecule has 0 saturated heterocycles. The summed E-state index contributed by atoms with van der Waals surface area (Å²) in [6, 6.07) is 20.8. The van der Waals surface area contributed by atoms with E-state index in [0.29, 0.717) is 28.3 Å². The van der Waals surface area contributed by atoms with Crippen molar-refractivity contribution < 1.29 is 28.6 Å². The van der Waals surface area contributed by atoms with E-state index in [9.17, 15) is 14.4 Å². The molecule has 0 aliphatic carbocycles. The highest BCUT2D eigenvalue weighted by Crippen LogP contribution is 2.28. The minimum absolute atomic E-state index is 0.0312. The fourth-order valence-electron chi connectivity index (χ4n) is 3.11. The van der Waals surface area contributed by atoms with E-state index >= 15 is 0 Å². The van der Waals surface area contributed by atoms with Crippen LogP contribution in [0.4, 0.5) is 5.69 Å². The molecule has 3 aromatic rings. The molecule has 9 heteroatoms. The number of methoxy groups -OCH3 is 3.